The molecule has 1 fully saturated rings. The zero-order valence-corrected chi connectivity index (χ0v) is 16.3. The number of para-hydroxylation sites is 1. The monoisotopic (exact) mass is 371 g/mol. The maximum atomic E-state index is 4.91. The zero-order valence-electron chi connectivity index (χ0n) is 16.3. The lowest BCUT2D eigenvalue weighted by atomic mass is 10.2. The molecule has 2 aliphatic heterocycles. The molecule has 0 saturated carbocycles. The summed E-state index contributed by atoms with van der Waals surface area (Å²) in [7, 11) is 0. The molecule has 0 spiro atoms. The van der Waals surface area contributed by atoms with Gasteiger partial charge in [0.15, 0.2) is 0 Å². The van der Waals surface area contributed by atoms with Crippen molar-refractivity contribution in [3.05, 3.63) is 71.9 Å². The fourth-order valence-corrected chi connectivity index (χ4v) is 4.21. The lowest BCUT2D eigenvalue weighted by molar-refractivity contribution is 0.639. The van der Waals surface area contributed by atoms with Crippen molar-refractivity contribution in [2.24, 2.45) is 0 Å². The summed E-state index contributed by atoms with van der Waals surface area (Å²) in [5, 5.41) is 0. The van der Waals surface area contributed by atoms with E-state index in [-0.39, 0.29) is 0 Å². The Hall–Kier alpha value is -3.08. The molecule has 3 aromatic rings. The number of aromatic nitrogens is 2. The van der Waals surface area contributed by atoms with Crippen molar-refractivity contribution in [2.45, 2.75) is 13.3 Å². The van der Waals surface area contributed by atoms with Crippen LogP contribution in [0.3, 0.4) is 0 Å². The Kier molecular flexibility index (Phi) is 4.35. The number of anilines is 4. The van der Waals surface area contributed by atoms with Gasteiger partial charge < -0.3 is 14.7 Å². The molecular weight excluding hydrogens is 346 g/mol. The number of hydrogen-bond acceptors (Lipinski definition) is 5. The molecule has 5 nitrogen and oxygen atoms in total. The number of piperazine rings is 1. The summed E-state index contributed by atoms with van der Waals surface area (Å²) in [6, 6.07) is 19.4. The number of fused-ring (bicyclic) bond motifs is 1. The average molecular weight is 371 g/mol. The summed E-state index contributed by atoms with van der Waals surface area (Å²) >= 11 is 0. The van der Waals surface area contributed by atoms with Crippen LogP contribution in [0.5, 0.6) is 0 Å². The van der Waals surface area contributed by atoms with Crippen LogP contribution in [0, 0.1) is 6.92 Å². The van der Waals surface area contributed by atoms with Gasteiger partial charge in [-0.1, -0.05) is 30.3 Å². The topological polar surface area (TPSA) is 35.5 Å². The maximum absolute atomic E-state index is 4.91. The highest BCUT2D eigenvalue weighted by molar-refractivity contribution is 5.68. The first-order chi connectivity index (χ1) is 13.8. The predicted octanol–water partition coefficient (Wildman–Crippen LogP) is 3.81. The highest BCUT2D eigenvalue weighted by atomic mass is 15.3. The molecule has 0 atom stereocenters. The van der Waals surface area contributed by atoms with E-state index in [0.717, 1.165) is 50.9 Å². The lowest BCUT2D eigenvalue weighted by Crippen LogP contribution is -2.47. The molecule has 142 valence electrons. The molecule has 1 saturated heterocycles. The fraction of sp³-hybridized carbons (Fsp3) is 0.304. The summed E-state index contributed by atoms with van der Waals surface area (Å²) < 4.78 is 0. The molecule has 0 aliphatic carbocycles. The van der Waals surface area contributed by atoms with Gasteiger partial charge in [-0.15, -0.1) is 0 Å². The molecule has 0 N–H and O–H groups in total. The van der Waals surface area contributed by atoms with Crippen LogP contribution in [-0.2, 0) is 6.42 Å². The summed E-state index contributed by atoms with van der Waals surface area (Å²) in [4.78, 5) is 16.5. The van der Waals surface area contributed by atoms with Crippen LogP contribution >= 0.6 is 0 Å². The summed E-state index contributed by atoms with van der Waals surface area (Å²) in [5.74, 6) is 1.84. The summed E-state index contributed by atoms with van der Waals surface area (Å²) in [6.45, 7) is 6.99. The number of nitrogens with zero attached hydrogens (tertiary/aromatic N) is 5. The standard InChI is InChI=1S/C23H25N5/c1-18-5-4-7-20(17-18)26-13-15-27(16-14-26)23-24-11-9-22(25-23)28-12-10-19-6-2-3-8-21(19)28/h2-9,11,17H,10,12-16H2,1H3. The van der Waals surface area contributed by atoms with Gasteiger partial charge in [0.25, 0.3) is 0 Å². The van der Waals surface area contributed by atoms with E-state index in [1.54, 1.807) is 0 Å². The number of hydrogen-bond donors (Lipinski definition) is 0. The smallest absolute Gasteiger partial charge is 0.227 e. The predicted molar refractivity (Wildman–Crippen MR) is 115 cm³/mol. The van der Waals surface area contributed by atoms with Crippen LogP contribution in [0.4, 0.5) is 23.1 Å². The Balaban J connectivity index is 1.31. The Bertz CT molecular complexity index is 978. The average Bonchev–Trinajstić information content (AvgIpc) is 3.18. The molecule has 2 aromatic carbocycles. The minimum atomic E-state index is 0.839. The van der Waals surface area contributed by atoms with Crippen molar-refractivity contribution in [2.75, 3.05) is 47.4 Å². The molecule has 3 heterocycles. The minimum Gasteiger partial charge on any atom is -0.368 e. The molecule has 2 aliphatic rings. The van der Waals surface area contributed by atoms with Gasteiger partial charge in [-0.25, -0.2) is 4.98 Å². The van der Waals surface area contributed by atoms with Crippen molar-refractivity contribution in [3.63, 3.8) is 0 Å². The molecule has 28 heavy (non-hydrogen) atoms. The van der Waals surface area contributed by atoms with E-state index in [1.165, 1.54) is 22.5 Å². The third-order valence-electron chi connectivity index (χ3n) is 5.72. The largest absolute Gasteiger partial charge is 0.368 e. The van der Waals surface area contributed by atoms with Crippen molar-refractivity contribution >= 4 is 23.1 Å². The molecule has 0 amide bonds. The first-order valence-corrected chi connectivity index (χ1v) is 10.0. The van der Waals surface area contributed by atoms with Gasteiger partial charge in [0.1, 0.15) is 5.82 Å². The van der Waals surface area contributed by atoms with E-state index < -0.39 is 0 Å². The third kappa shape index (κ3) is 3.17. The van der Waals surface area contributed by atoms with Crippen LogP contribution in [0.2, 0.25) is 0 Å². The van der Waals surface area contributed by atoms with Gasteiger partial charge in [0.05, 0.1) is 0 Å². The lowest BCUT2D eigenvalue weighted by Gasteiger charge is -2.36. The Labute approximate surface area is 166 Å². The van der Waals surface area contributed by atoms with E-state index >= 15 is 0 Å². The molecule has 0 radical (unpaired) electrons. The Morgan fingerprint density at radius 2 is 1.64 bits per heavy atom. The molecule has 5 heteroatoms. The van der Waals surface area contributed by atoms with Crippen molar-refractivity contribution < 1.29 is 0 Å². The van der Waals surface area contributed by atoms with Crippen molar-refractivity contribution in [1.82, 2.24) is 9.97 Å². The molecular formula is C23H25N5. The van der Waals surface area contributed by atoms with Gasteiger partial charge in [-0.2, -0.15) is 4.98 Å². The van der Waals surface area contributed by atoms with E-state index in [9.17, 15) is 0 Å². The Morgan fingerprint density at radius 3 is 2.50 bits per heavy atom. The van der Waals surface area contributed by atoms with Crippen LogP contribution in [-0.4, -0.2) is 42.7 Å². The summed E-state index contributed by atoms with van der Waals surface area (Å²) in [5.41, 5.74) is 5.29. The summed E-state index contributed by atoms with van der Waals surface area (Å²) in [6.07, 6.45) is 2.97. The second-order valence-corrected chi connectivity index (χ2v) is 7.56. The Morgan fingerprint density at radius 1 is 0.821 bits per heavy atom. The number of benzene rings is 2. The van der Waals surface area contributed by atoms with Crippen LogP contribution < -0.4 is 14.7 Å². The zero-order chi connectivity index (χ0) is 18.9. The first-order valence-electron chi connectivity index (χ1n) is 10.0. The minimum absolute atomic E-state index is 0.839. The quantitative estimate of drug-likeness (QED) is 0.700. The number of rotatable bonds is 3. The van der Waals surface area contributed by atoms with Crippen molar-refractivity contribution in [3.8, 4) is 0 Å². The van der Waals surface area contributed by atoms with E-state index in [2.05, 4.69) is 75.1 Å². The van der Waals surface area contributed by atoms with Crippen LogP contribution in [0.15, 0.2) is 60.8 Å². The highest BCUT2D eigenvalue weighted by Gasteiger charge is 2.23. The normalized spacial score (nSPS) is 16.4. The van der Waals surface area contributed by atoms with Crippen LogP contribution in [0.1, 0.15) is 11.1 Å². The SMILES string of the molecule is Cc1cccc(N2CCN(c3nccc(N4CCc5ccccc54)n3)CC2)c1. The molecule has 0 unspecified atom stereocenters. The van der Waals surface area contributed by atoms with E-state index in [0.29, 0.717) is 0 Å². The second-order valence-electron chi connectivity index (χ2n) is 7.56. The maximum Gasteiger partial charge on any atom is 0.227 e. The fourth-order valence-electron chi connectivity index (χ4n) is 4.21. The third-order valence-corrected chi connectivity index (χ3v) is 5.72. The molecule has 0 bridgehead atoms. The highest BCUT2D eigenvalue weighted by Crippen LogP contribution is 2.33. The van der Waals surface area contributed by atoms with Gasteiger partial charge in [-0.05, 0) is 48.7 Å². The number of aryl methyl sites for hydroxylation is 1. The van der Waals surface area contributed by atoms with E-state index in [1.807, 2.05) is 12.3 Å². The van der Waals surface area contributed by atoms with Crippen LogP contribution in [0.25, 0.3) is 0 Å². The second kappa shape index (κ2) is 7.15. The van der Waals surface area contributed by atoms with Gasteiger partial charge in [-0.3, -0.25) is 0 Å². The molecule has 1 aromatic heterocycles. The van der Waals surface area contributed by atoms with Crippen molar-refractivity contribution in [1.29, 1.82) is 0 Å². The molecule has 5 rings (SSSR count). The van der Waals surface area contributed by atoms with Gasteiger partial charge >= 0.3 is 0 Å². The van der Waals surface area contributed by atoms with Gasteiger partial charge in [0, 0.05) is 50.3 Å². The van der Waals surface area contributed by atoms with E-state index in [4.69, 9.17) is 4.98 Å². The first kappa shape index (κ1) is 17.0. The van der Waals surface area contributed by atoms with Gasteiger partial charge in [0.2, 0.25) is 5.95 Å².